The van der Waals surface area contributed by atoms with E-state index in [1.807, 2.05) is 61.6 Å². The summed E-state index contributed by atoms with van der Waals surface area (Å²) in [4.78, 5) is 12.0. The quantitative estimate of drug-likeness (QED) is 0.521. The summed E-state index contributed by atoms with van der Waals surface area (Å²) in [7, 11) is 3.93. The Morgan fingerprint density at radius 1 is 1.28 bits per heavy atom. The smallest absolute Gasteiger partial charge is 0.191 e. The Balaban J connectivity index is 2.02. The van der Waals surface area contributed by atoms with Gasteiger partial charge in [0.05, 0.1) is 18.8 Å². The number of rotatable bonds is 7. The van der Waals surface area contributed by atoms with E-state index >= 15 is 0 Å². The number of hydrogen-bond donors (Lipinski definition) is 3. The molecule has 2 aromatic heterocycles. The Kier molecular flexibility index (Phi) is 6.78. The first-order valence-corrected chi connectivity index (χ1v) is 9.22. The third-order valence-corrected chi connectivity index (χ3v) is 4.77. The summed E-state index contributed by atoms with van der Waals surface area (Å²) >= 11 is 1.54. The lowest BCUT2D eigenvalue weighted by Crippen LogP contribution is -2.44. The molecule has 1 atom stereocenters. The summed E-state index contributed by atoms with van der Waals surface area (Å²) in [6, 6.07) is 9.79. The van der Waals surface area contributed by atoms with E-state index in [1.54, 1.807) is 18.3 Å². The van der Waals surface area contributed by atoms with Crippen molar-refractivity contribution in [1.82, 2.24) is 15.6 Å². The highest BCUT2D eigenvalue weighted by Gasteiger charge is 2.24. The second-order valence-corrected chi connectivity index (χ2v) is 7.13. The second-order valence-electron chi connectivity index (χ2n) is 6.18. The van der Waals surface area contributed by atoms with Crippen LogP contribution < -0.4 is 15.5 Å². The van der Waals surface area contributed by atoms with Crippen molar-refractivity contribution in [3.63, 3.8) is 0 Å². The van der Waals surface area contributed by atoms with Crippen LogP contribution in [0.15, 0.2) is 40.7 Å². The molecule has 0 saturated heterocycles. The Morgan fingerprint density at radius 2 is 2.08 bits per heavy atom. The summed E-state index contributed by atoms with van der Waals surface area (Å²) in [6.45, 7) is 5.41. The van der Waals surface area contributed by atoms with Gasteiger partial charge in [-0.1, -0.05) is 12.1 Å². The maximum absolute atomic E-state index is 10.6. The molecule has 1 unspecified atom stereocenters. The monoisotopic (exact) mass is 361 g/mol. The van der Waals surface area contributed by atoms with Crippen LogP contribution in [0.4, 0.5) is 5.82 Å². The molecule has 0 saturated carbocycles. The van der Waals surface area contributed by atoms with Gasteiger partial charge in [0.2, 0.25) is 0 Å². The number of thiophene rings is 1. The second kappa shape index (κ2) is 8.82. The molecule has 0 fully saturated rings. The number of nitrogens with zero attached hydrogens (tertiary/aromatic N) is 3. The van der Waals surface area contributed by atoms with Crippen molar-refractivity contribution in [2.24, 2.45) is 4.99 Å². The molecule has 2 rings (SSSR count). The fraction of sp³-hybridized carbons (Fsp3) is 0.444. The third-order valence-electron chi connectivity index (χ3n) is 3.65. The van der Waals surface area contributed by atoms with Crippen LogP contribution >= 0.6 is 11.3 Å². The van der Waals surface area contributed by atoms with Crippen LogP contribution in [0.3, 0.4) is 0 Å². The van der Waals surface area contributed by atoms with Crippen LogP contribution in [0.1, 0.15) is 24.4 Å². The Morgan fingerprint density at radius 3 is 2.72 bits per heavy atom. The van der Waals surface area contributed by atoms with Gasteiger partial charge in [0, 0.05) is 25.5 Å². The maximum Gasteiger partial charge on any atom is 0.191 e. The van der Waals surface area contributed by atoms with Gasteiger partial charge in [0.15, 0.2) is 5.96 Å². The zero-order chi connectivity index (χ0) is 18.3. The Bertz CT molecular complexity index is 683. The van der Waals surface area contributed by atoms with E-state index in [0.29, 0.717) is 19.0 Å². The fourth-order valence-electron chi connectivity index (χ4n) is 2.23. The molecule has 0 spiro atoms. The molecule has 0 aliphatic heterocycles. The molecule has 7 heteroatoms. The minimum Gasteiger partial charge on any atom is -0.383 e. The van der Waals surface area contributed by atoms with Crippen molar-refractivity contribution in [3.8, 4) is 0 Å². The van der Waals surface area contributed by atoms with Gasteiger partial charge in [-0.2, -0.15) is 0 Å². The molecule has 0 aliphatic rings. The van der Waals surface area contributed by atoms with E-state index in [1.165, 1.54) is 0 Å². The molecular formula is C18H27N5OS. The highest BCUT2D eigenvalue weighted by Crippen LogP contribution is 2.24. The number of guanidine groups is 1. The molecular weight excluding hydrogens is 334 g/mol. The number of aliphatic imine (C=N–C) groups is 1. The summed E-state index contributed by atoms with van der Waals surface area (Å²) in [5.41, 5.74) is -0.0404. The average Bonchev–Trinajstić information content (AvgIpc) is 3.13. The Labute approximate surface area is 153 Å². The molecule has 136 valence electrons. The van der Waals surface area contributed by atoms with E-state index in [4.69, 9.17) is 0 Å². The molecule has 3 N–H and O–H groups in total. The predicted molar refractivity (Wildman–Crippen MR) is 105 cm³/mol. The highest BCUT2D eigenvalue weighted by molar-refractivity contribution is 7.10. The molecule has 0 aromatic carbocycles. The number of anilines is 1. The molecule has 0 aliphatic carbocycles. The van der Waals surface area contributed by atoms with Crippen molar-refractivity contribution < 1.29 is 5.11 Å². The first-order chi connectivity index (χ1) is 11.9. The van der Waals surface area contributed by atoms with Gasteiger partial charge >= 0.3 is 0 Å². The first kappa shape index (κ1) is 19.2. The van der Waals surface area contributed by atoms with Gasteiger partial charge in [-0.3, -0.25) is 0 Å². The number of nitrogens with one attached hydrogen (secondary N) is 2. The van der Waals surface area contributed by atoms with Crippen molar-refractivity contribution >= 4 is 23.1 Å². The maximum atomic E-state index is 10.6. The number of aliphatic hydroxyl groups is 1. The van der Waals surface area contributed by atoms with E-state index in [-0.39, 0.29) is 0 Å². The van der Waals surface area contributed by atoms with Crippen molar-refractivity contribution in [3.05, 3.63) is 46.3 Å². The van der Waals surface area contributed by atoms with Crippen LogP contribution in [0.2, 0.25) is 0 Å². The zero-order valence-corrected chi connectivity index (χ0v) is 16.1. The topological polar surface area (TPSA) is 72.8 Å². The molecule has 2 aromatic rings. The minimum atomic E-state index is -0.937. The number of aromatic nitrogens is 1. The molecule has 25 heavy (non-hydrogen) atoms. The van der Waals surface area contributed by atoms with Crippen molar-refractivity contribution in [2.45, 2.75) is 26.0 Å². The van der Waals surface area contributed by atoms with Gasteiger partial charge in [-0.25, -0.2) is 9.98 Å². The molecule has 6 nitrogen and oxygen atoms in total. The van der Waals surface area contributed by atoms with Gasteiger partial charge in [0.1, 0.15) is 11.4 Å². The highest BCUT2D eigenvalue weighted by atomic mass is 32.1. The molecule has 2 heterocycles. The normalized spacial score (nSPS) is 14.0. The lowest BCUT2D eigenvalue weighted by atomic mass is 10.1. The fourth-order valence-corrected chi connectivity index (χ4v) is 3.02. The number of pyridine rings is 1. The SMILES string of the molecule is CCNC(=NCc1cccc(N(C)C)n1)NCC(C)(O)c1cccs1. The van der Waals surface area contributed by atoms with Crippen LogP contribution in [0, 0.1) is 0 Å². The summed E-state index contributed by atoms with van der Waals surface area (Å²) in [6.07, 6.45) is 0. The van der Waals surface area contributed by atoms with Crippen LogP contribution in [-0.4, -0.2) is 43.2 Å². The van der Waals surface area contributed by atoms with Gasteiger partial charge in [-0.15, -0.1) is 11.3 Å². The third kappa shape index (κ3) is 5.72. The van der Waals surface area contributed by atoms with Crippen molar-refractivity contribution in [1.29, 1.82) is 0 Å². The van der Waals surface area contributed by atoms with E-state index < -0.39 is 5.60 Å². The first-order valence-electron chi connectivity index (χ1n) is 8.34. The van der Waals surface area contributed by atoms with E-state index in [2.05, 4.69) is 20.6 Å². The lowest BCUT2D eigenvalue weighted by molar-refractivity contribution is 0.0655. The molecule has 0 radical (unpaired) electrons. The van der Waals surface area contributed by atoms with E-state index in [0.717, 1.165) is 22.9 Å². The molecule has 0 amide bonds. The van der Waals surface area contributed by atoms with Crippen LogP contribution in [0.25, 0.3) is 0 Å². The minimum absolute atomic E-state index is 0.379. The summed E-state index contributed by atoms with van der Waals surface area (Å²) in [5, 5.41) is 19.0. The van der Waals surface area contributed by atoms with E-state index in [9.17, 15) is 5.11 Å². The Hall–Kier alpha value is -2.12. The van der Waals surface area contributed by atoms with Gasteiger partial charge in [0.25, 0.3) is 0 Å². The summed E-state index contributed by atoms with van der Waals surface area (Å²) < 4.78 is 0. The van der Waals surface area contributed by atoms with Crippen LogP contribution in [0.5, 0.6) is 0 Å². The lowest BCUT2D eigenvalue weighted by Gasteiger charge is -2.23. The van der Waals surface area contributed by atoms with Gasteiger partial charge in [-0.05, 0) is 37.4 Å². The van der Waals surface area contributed by atoms with Crippen LogP contribution in [-0.2, 0) is 12.1 Å². The van der Waals surface area contributed by atoms with Gasteiger partial charge < -0.3 is 20.6 Å². The summed E-state index contributed by atoms with van der Waals surface area (Å²) in [5.74, 6) is 1.57. The average molecular weight is 362 g/mol. The molecule has 0 bridgehead atoms. The van der Waals surface area contributed by atoms with Crippen molar-refractivity contribution in [2.75, 3.05) is 32.1 Å². The zero-order valence-electron chi connectivity index (χ0n) is 15.3. The largest absolute Gasteiger partial charge is 0.383 e. The standard InChI is InChI=1S/C18H27N5OS/c1-5-19-17(21-13-18(2,24)15-9-7-11-25-15)20-12-14-8-6-10-16(22-14)23(3)4/h6-11,24H,5,12-13H2,1-4H3,(H2,19,20,21). The number of hydrogen-bond acceptors (Lipinski definition) is 5. The predicted octanol–water partition coefficient (Wildman–Crippen LogP) is 2.17.